The Labute approximate surface area is 192 Å². The van der Waals surface area contributed by atoms with E-state index < -0.39 is 11.8 Å². The fourth-order valence-electron chi connectivity index (χ4n) is 3.80. The van der Waals surface area contributed by atoms with Crippen molar-refractivity contribution in [2.45, 2.75) is 19.8 Å². The Balaban J connectivity index is 1.31. The highest BCUT2D eigenvalue weighted by molar-refractivity contribution is 5.70. The molecule has 0 radical (unpaired) electrons. The first-order valence-electron chi connectivity index (χ1n) is 11.0. The van der Waals surface area contributed by atoms with Crippen LogP contribution < -0.4 is 10.1 Å². The lowest BCUT2D eigenvalue weighted by Crippen LogP contribution is -2.38. The molecule has 1 aliphatic heterocycles. The molecule has 1 aromatic heterocycles. The Kier molecular flexibility index (Phi) is 7.14. The number of carboxylic acids is 1. The van der Waals surface area contributed by atoms with E-state index in [0.29, 0.717) is 50.7 Å². The number of aliphatic carboxylic acids is 1. The van der Waals surface area contributed by atoms with Crippen molar-refractivity contribution in [3.05, 3.63) is 66.2 Å². The number of benzene rings is 2. The van der Waals surface area contributed by atoms with Crippen LogP contribution in [0.1, 0.15) is 18.4 Å². The molecule has 8 heteroatoms. The fourth-order valence-corrected chi connectivity index (χ4v) is 3.80. The van der Waals surface area contributed by atoms with Gasteiger partial charge in [0.1, 0.15) is 6.61 Å². The monoisotopic (exact) mass is 450 g/mol. The number of ether oxygens (including phenoxy) is 1. The molecule has 0 amide bonds. The molecule has 0 atom stereocenters. The zero-order valence-electron chi connectivity index (χ0n) is 18.5. The van der Waals surface area contributed by atoms with Crippen LogP contribution in [0.25, 0.3) is 11.1 Å². The Morgan fingerprint density at radius 1 is 1.12 bits per heavy atom. The second-order valence-electron chi connectivity index (χ2n) is 8.23. The van der Waals surface area contributed by atoms with E-state index in [0.717, 1.165) is 11.1 Å². The average molecular weight is 451 g/mol. The molecule has 2 N–H and O–H groups in total. The van der Waals surface area contributed by atoms with Crippen molar-refractivity contribution in [3.8, 4) is 16.9 Å². The molecule has 1 saturated heterocycles. The van der Waals surface area contributed by atoms with E-state index in [1.807, 2.05) is 31.2 Å². The Morgan fingerprint density at radius 2 is 1.82 bits per heavy atom. The maximum Gasteiger partial charge on any atom is 0.306 e. The molecule has 33 heavy (non-hydrogen) atoms. The molecular formula is C25H27FN4O3. The van der Waals surface area contributed by atoms with Crippen molar-refractivity contribution in [3.63, 3.8) is 0 Å². The van der Waals surface area contributed by atoms with Crippen LogP contribution in [-0.4, -0.2) is 52.2 Å². The number of rotatable bonds is 8. The molecule has 0 aliphatic carbocycles. The number of aryl methyl sites for hydroxylation is 1. The van der Waals surface area contributed by atoms with Crippen LogP contribution in [0.5, 0.6) is 5.75 Å². The van der Waals surface area contributed by atoms with Crippen LogP contribution in [-0.2, 0) is 4.79 Å². The first-order valence-corrected chi connectivity index (χ1v) is 11.0. The van der Waals surface area contributed by atoms with Crippen molar-refractivity contribution < 1.29 is 19.0 Å². The summed E-state index contributed by atoms with van der Waals surface area (Å²) >= 11 is 0. The minimum absolute atomic E-state index is 0.150. The van der Waals surface area contributed by atoms with E-state index in [1.54, 1.807) is 24.5 Å². The third-order valence-corrected chi connectivity index (χ3v) is 5.83. The Bertz CT molecular complexity index is 1080. The standard InChI is InChI=1S/C25H27FN4O3/c1-17-2-4-18(5-3-17)20-15-27-25(28-16-20)29-21-6-7-22(26)23(14-21)33-13-12-30-10-8-19(9-11-30)24(31)32/h2-7,14-16,19H,8-13H2,1H3,(H,31,32)(H,27,28,29). The van der Waals surface area contributed by atoms with Gasteiger partial charge in [0.05, 0.1) is 5.92 Å². The number of piperidine rings is 1. The molecule has 172 valence electrons. The maximum atomic E-state index is 14.2. The van der Waals surface area contributed by atoms with Crippen molar-refractivity contribution in [2.24, 2.45) is 5.92 Å². The summed E-state index contributed by atoms with van der Waals surface area (Å²) < 4.78 is 19.9. The van der Waals surface area contributed by atoms with Gasteiger partial charge in [-0.05, 0) is 50.6 Å². The number of aromatic nitrogens is 2. The fraction of sp³-hybridized carbons (Fsp3) is 0.320. The number of nitrogens with one attached hydrogen (secondary N) is 1. The second kappa shape index (κ2) is 10.4. The van der Waals surface area contributed by atoms with Gasteiger partial charge in [-0.3, -0.25) is 9.69 Å². The number of hydrogen-bond acceptors (Lipinski definition) is 6. The number of carbonyl (C=O) groups is 1. The van der Waals surface area contributed by atoms with E-state index in [-0.39, 0.29) is 11.7 Å². The third-order valence-electron chi connectivity index (χ3n) is 5.83. The highest BCUT2D eigenvalue weighted by Gasteiger charge is 2.24. The summed E-state index contributed by atoms with van der Waals surface area (Å²) in [6.07, 6.45) is 4.75. The maximum absolute atomic E-state index is 14.2. The van der Waals surface area contributed by atoms with Gasteiger partial charge in [-0.1, -0.05) is 29.8 Å². The Hall–Kier alpha value is -3.52. The van der Waals surface area contributed by atoms with Gasteiger partial charge in [0, 0.05) is 36.3 Å². The van der Waals surface area contributed by atoms with Crippen molar-refractivity contribution in [1.82, 2.24) is 14.9 Å². The lowest BCUT2D eigenvalue weighted by atomic mass is 9.97. The molecule has 1 aliphatic rings. The zero-order chi connectivity index (χ0) is 23.2. The van der Waals surface area contributed by atoms with Crippen LogP contribution in [0, 0.1) is 18.7 Å². The second-order valence-corrected chi connectivity index (χ2v) is 8.23. The van der Waals surface area contributed by atoms with Crippen LogP contribution >= 0.6 is 0 Å². The van der Waals surface area contributed by atoms with Crippen LogP contribution in [0.2, 0.25) is 0 Å². The highest BCUT2D eigenvalue weighted by Crippen LogP contribution is 2.25. The van der Waals surface area contributed by atoms with E-state index in [1.165, 1.54) is 11.6 Å². The van der Waals surface area contributed by atoms with Crippen molar-refractivity contribution in [2.75, 3.05) is 31.6 Å². The van der Waals surface area contributed by atoms with Gasteiger partial charge >= 0.3 is 5.97 Å². The number of hydrogen-bond donors (Lipinski definition) is 2. The minimum Gasteiger partial charge on any atom is -0.489 e. The Morgan fingerprint density at radius 3 is 2.48 bits per heavy atom. The topological polar surface area (TPSA) is 87.6 Å². The number of halogens is 1. The molecular weight excluding hydrogens is 423 g/mol. The average Bonchev–Trinajstić information content (AvgIpc) is 2.82. The van der Waals surface area contributed by atoms with E-state index in [4.69, 9.17) is 9.84 Å². The predicted octanol–water partition coefficient (Wildman–Crippen LogP) is 4.51. The summed E-state index contributed by atoms with van der Waals surface area (Å²) in [5.41, 5.74) is 3.76. The van der Waals surface area contributed by atoms with Gasteiger partial charge in [-0.15, -0.1) is 0 Å². The van der Waals surface area contributed by atoms with E-state index in [9.17, 15) is 9.18 Å². The zero-order valence-corrected chi connectivity index (χ0v) is 18.5. The van der Waals surface area contributed by atoms with Crippen LogP contribution in [0.3, 0.4) is 0 Å². The summed E-state index contributed by atoms with van der Waals surface area (Å²) in [7, 11) is 0. The van der Waals surface area contributed by atoms with Crippen LogP contribution in [0.4, 0.5) is 16.0 Å². The predicted molar refractivity (Wildman–Crippen MR) is 124 cm³/mol. The van der Waals surface area contributed by atoms with Crippen molar-refractivity contribution >= 4 is 17.6 Å². The van der Waals surface area contributed by atoms with Crippen LogP contribution in [0.15, 0.2) is 54.9 Å². The summed E-state index contributed by atoms with van der Waals surface area (Å²) in [6.45, 7) is 4.39. The van der Waals surface area contributed by atoms with E-state index >= 15 is 0 Å². The first-order chi connectivity index (χ1) is 16.0. The lowest BCUT2D eigenvalue weighted by molar-refractivity contribution is -0.143. The summed E-state index contributed by atoms with van der Waals surface area (Å²) in [5, 5.41) is 12.2. The summed E-state index contributed by atoms with van der Waals surface area (Å²) in [4.78, 5) is 21.9. The van der Waals surface area contributed by atoms with E-state index in [2.05, 4.69) is 20.2 Å². The lowest BCUT2D eigenvalue weighted by Gasteiger charge is -2.29. The SMILES string of the molecule is Cc1ccc(-c2cnc(Nc3ccc(F)c(OCCN4CCC(C(=O)O)CC4)c3)nc2)cc1. The number of nitrogens with zero attached hydrogens (tertiary/aromatic N) is 3. The van der Waals surface area contributed by atoms with Gasteiger partial charge in [-0.2, -0.15) is 0 Å². The molecule has 1 fully saturated rings. The molecule has 2 heterocycles. The van der Waals surface area contributed by atoms with Gasteiger partial charge < -0.3 is 15.2 Å². The number of likely N-dealkylation sites (tertiary alicyclic amines) is 1. The van der Waals surface area contributed by atoms with Gasteiger partial charge in [0.2, 0.25) is 5.95 Å². The van der Waals surface area contributed by atoms with Crippen molar-refractivity contribution in [1.29, 1.82) is 0 Å². The van der Waals surface area contributed by atoms with Gasteiger partial charge in [0.15, 0.2) is 11.6 Å². The molecule has 0 saturated carbocycles. The molecule has 0 unspecified atom stereocenters. The summed E-state index contributed by atoms with van der Waals surface area (Å²) in [5.74, 6) is -0.885. The minimum atomic E-state index is -0.731. The largest absolute Gasteiger partial charge is 0.489 e. The smallest absolute Gasteiger partial charge is 0.306 e. The highest BCUT2D eigenvalue weighted by atomic mass is 19.1. The third kappa shape index (κ3) is 6.04. The number of carboxylic acid groups (broad SMARTS) is 1. The molecule has 0 bridgehead atoms. The quantitative estimate of drug-likeness (QED) is 0.522. The molecule has 4 rings (SSSR count). The molecule has 7 nitrogen and oxygen atoms in total. The normalized spacial score (nSPS) is 14.7. The van der Waals surface area contributed by atoms with Gasteiger partial charge in [-0.25, -0.2) is 14.4 Å². The summed E-state index contributed by atoms with van der Waals surface area (Å²) in [6, 6.07) is 12.7. The number of anilines is 2. The molecule has 0 spiro atoms. The molecule has 2 aromatic carbocycles. The first kappa shape index (κ1) is 22.7. The van der Waals surface area contributed by atoms with Gasteiger partial charge in [0.25, 0.3) is 0 Å². The molecule has 3 aromatic rings.